The molecule has 2 aromatic rings. The quantitative estimate of drug-likeness (QED) is 0.443. The van der Waals surface area contributed by atoms with E-state index in [0.29, 0.717) is 5.69 Å². The molecule has 2 aliphatic rings. The lowest BCUT2D eigenvalue weighted by Gasteiger charge is -2.30. The second kappa shape index (κ2) is 8.59. The summed E-state index contributed by atoms with van der Waals surface area (Å²) in [6.45, 7) is 5.59. The summed E-state index contributed by atoms with van der Waals surface area (Å²) in [5.74, 6) is -1.67. The molecule has 5 nitrogen and oxygen atoms in total. The molecule has 2 aliphatic heterocycles. The zero-order valence-electron chi connectivity index (χ0n) is 17.6. The van der Waals surface area contributed by atoms with Crippen molar-refractivity contribution in [2.24, 2.45) is 0 Å². The van der Waals surface area contributed by atoms with E-state index in [-0.39, 0.29) is 16.2 Å². The highest BCUT2D eigenvalue weighted by atomic mass is 32.1. The van der Waals surface area contributed by atoms with Gasteiger partial charge in [-0.2, -0.15) is 0 Å². The van der Waals surface area contributed by atoms with Crippen LogP contribution in [0, 0.1) is 19.7 Å². The van der Waals surface area contributed by atoms with Gasteiger partial charge in [-0.1, -0.05) is 12.1 Å². The van der Waals surface area contributed by atoms with Gasteiger partial charge >= 0.3 is 0 Å². The molecule has 0 aliphatic carbocycles. The second-order valence-corrected chi connectivity index (χ2v) is 8.39. The fraction of sp³-hybridized carbons (Fsp3) is 0.292. The van der Waals surface area contributed by atoms with E-state index in [9.17, 15) is 14.0 Å². The van der Waals surface area contributed by atoms with Gasteiger partial charge in [-0.3, -0.25) is 19.8 Å². The molecule has 0 saturated carbocycles. The molecule has 0 spiro atoms. The van der Waals surface area contributed by atoms with Crippen molar-refractivity contribution in [2.45, 2.75) is 33.1 Å². The molecule has 7 heteroatoms. The molecule has 2 amide bonds. The van der Waals surface area contributed by atoms with Gasteiger partial charge in [0, 0.05) is 24.3 Å². The van der Waals surface area contributed by atoms with Crippen molar-refractivity contribution in [3.8, 4) is 0 Å². The number of piperidine rings is 1. The van der Waals surface area contributed by atoms with Crippen LogP contribution in [0.5, 0.6) is 0 Å². The number of rotatable bonds is 3. The van der Waals surface area contributed by atoms with E-state index in [1.54, 1.807) is 6.07 Å². The van der Waals surface area contributed by atoms with Crippen molar-refractivity contribution in [3.63, 3.8) is 0 Å². The maximum absolute atomic E-state index is 14.9. The molecule has 2 aromatic carbocycles. The molecule has 0 bridgehead atoms. The zero-order chi connectivity index (χ0) is 22.1. The third-order valence-corrected chi connectivity index (χ3v) is 6.00. The molecule has 2 heterocycles. The Hall–Kier alpha value is -3.06. The smallest absolute Gasteiger partial charge is 0.270 e. The number of thiocarbonyl (C=S) groups is 1. The van der Waals surface area contributed by atoms with Crippen LogP contribution in [0.25, 0.3) is 6.08 Å². The van der Waals surface area contributed by atoms with Gasteiger partial charge in [0.05, 0.1) is 5.69 Å². The monoisotopic (exact) mass is 437 g/mol. The number of carbonyl (C=O) groups is 2. The number of aryl methyl sites for hydroxylation is 2. The van der Waals surface area contributed by atoms with Gasteiger partial charge in [0.15, 0.2) is 5.11 Å². The number of amides is 2. The van der Waals surface area contributed by atoms with Gasteiger partial charge in [0.1, 0.15) is 11.4 Å². The SMILES string of the molecule is Cc1ccc(C)c(N2C(=O)/C(=C/c3ccc(N4CCCCC4)cc3F)C(=O)NC2=S)c1. The summed E-state index contributed by atoms with van der Waals surface area (Å²) in [7, 11) is 0. The second-order valence-electron chi connectivity index (χ2n) is 8.00. The molecule has 2 fully saturated rings. The summed E-state index contributed by atoms with van der Waals surface area (Å²) in [4.78, 5) is 29.2. The first-order chi connectivity index (χ1) is 14.8. The number of hydrogen-bond acceptors (Lipinski definition) is 4. The number of nitrogens with zero attached hydrogens (tertiary/aromatic N) is 2. The normalized spacial score (nSPS) is 18.5. The van der Waals surface area contributed by atoms with E-state index >= 15 is 0 Å². The van der Waals surface area contributed by atoms with Crippen LogP contribution >= 0.6 is 12.2 Å². The molecule has 2 saturated heterocycles. The largest absolute Gasteiger partial charge is 0.371 e. The zero-order valence-corrected chi connectivity index (χ0v) is 18.4. The third-order valence-electron chi connectivity index (χ3n) is 5.71. The van der Waals surface area contributed by atoms with E-state index in [0.717, 1.165) is 42.7 Å². The summed E-state index contributed by atoms with van der Waals surface area (Å²) in [6.07, 6.45) is 4.68. The van der Waals surface area contributed by atoms with Crippen LogP contribution in [0.2, 0.25) is 0 Å². The minimum Gasteiger partial charge on any atom is -0.371 e. The Balaban J connectivity index is 1.68. The molecule has 0 atom stereocenters. The molecule has 0 aromatic heterocycles. The van der Waals surface area contributed by atoms with Crippen LogP contribution in [-0.2, 0) is 9.59 Å². The Bertz CT molecular complexity index is 1110. The first kappa shape index (κ1) is 21.2. The van der Waals surface area contributed by atoms with Crippen LogP contribution in [-0.4, -0.2) is 30.0 Å². The number of hydrogen-bond donors (Lipinski definition) is 1. The number of benzene rings is 2. The van der Waals surface area contributed by atoms with E-state index in [1.165, 1.54) is 23.5 Å². The van der Waals surface area contributed by atoms with Crippen LogP contribution in [0.3, 0.4) is 0 Å². The highest BCUT2D eigenvalue weighted by Gasteiger charge is 2.35. The van der Waals surface area contributed by atoms with Gasteiger partial charge in [0.2, 0.25) is 0 Å². The van der Waals surface area contributed by atoms with Gasteiger partial charge in [-0.25, -0.2) is 4.39 Å². The summed E-state index contributed by atoms with van der Waals surface area (Å²) >= 11 is 5.27. The number of carbonyl (C=O) groups excluding carboxylic acids is 2. The predicted octanol–water partition coefficient (Wildman–Crippen LogP) is 4.26. The van der Waals surface area contributed by atoms with Gasteiger partial charge < -0.3 is 4.90 Å². The van der Waals surface area contributed by atoms with Crippen molar-refractivity contribution < 1.29 is 14.0 Å². The first-order valence-electron chi connectivity index (χ1n) is 10.4. The van der Waals surface area contributed by atoms with Crippen molar-refractivity contribution >= 4 is 46.6 Å². The van der Waals surface area contributed by atoms with E-state index < -0.39 is 17.6 Å². The molecule has 0 unspecified atom stereocenters. The van der Waals surface area contributed by atoms with Gasteiger partial charge in [-0.05, 0) is 86.8 Å². The third kappa shape index (κ3) is 4.23. The highest BCUT2D eigenvalue weighted by molar-refractivity contribution is 7.80. The topological polar surface area (TPSA) is 52.7 Å². The first-order valence-corrected chi connectivity index (χ1v) is 10.8. The van der Waals surface area contributed by atoms with Gasteiger partial charge in [0.25, 0.3) is 11.8 Å². The van der Waals surface area contributed by atoms with Crippen molar-refractivity contribution in [2.75, 3.05) is 22.9 Å². The lowest BCUT2D eigenvalue weighted by Crippen LogP contribution is -2.54. The van der Waals surface area contributed by atoms with Crippen molar-refractivity contribution in [1.82, 2.24) is 5.32 Å². The molecule has 1 N–H and O–H groups in total. The minimum atomic E-state index is -0.629. The van der Waals surface area contributed by atoms with Crippen LogP contribution in [0.4, 0.5) is 15.8 Å². The summed E-state index contributed by atoms with van der Waals surface area (Å²) in [5.41, 5.74) is 3.25. The summed E-state index contributed by atoms with van der Waals surface area (Å²) in [6, 6.07) is 10.6. The average molecular weight is 438 g/mol. The Morgan fingerprint density at radius 3 is 2.48 bits per heavy atom. The van der Waals surface area contributed by atoms with Crippen LogP contribution in [0.15, 0.2) is 42.0 Å². The van der Waals surface area contributed by atoms with Crippen LogP contribution in [0.1, 0.15) is 36.0 Å². The Kier molecular flexibility index (Phi) is 5.87. The number of halogens is 1. The van der Waals surface area contributed by atoms with E-state index in [2.05, 4.69) is 10.2 Å². The van der Waals surface area contributed by atoms with Crippen LogP contribution < -0.4 is 15.1 Å². The average Bonchev–Trinajstić information content (AvgIpc) is 2.75. The van der Waals surface area contributed by atoms with Crippen molar-refractivity contribution in [3.05, 3.63) is 64.5 Å². The molecular formula is C24H24FN3O2S. The Morgan fingerprint density at radius 2 is 1.77 bits per heavy atom. The van der Waals surface area contributed by atoms with Gasteiger partial charge in [-0.15, -0.1) is 0 Å². The summed E-state index contributed by atoms with van der Waals surface area (Å²) < 4.78 is 14.9. The highest BCUT2D eigenvalue weighted by Crippen LogP contribution is 2.28. The summed E-state index contributed by atoms with van der Waals surface area (Å²) in [5, 5.41) is 2.57. The standard InChI is InChI=1S/C24H24FN3O2S/c1-15-6-7-16(2)21(12-15)28-23(30)19(22(29)26-24(28)31)13-17-8-9-18(14-20(17)25)27-10-4-3-5-11-27/h6-9,12-14H,3-5,10-11H2,1-2H3,(H,26,29,31)/b19-13+. The molecular weight excluding hydrogens is 413 g/mol. The molecule has 160 valence electrons. The number of anilines is 2. The van der Waals surface area contributed by atoms with Crippen molar-refractivity contribution in [1.29, 1.82) is 0 Å². The number of nitrogens with one attached hydrogen (secondary N) is 1. The maximum atomic E-state index is 14.9. The van der Waals surface area contributed by atoms with E-state index in [1.807, 2.05) is 38.1 Å². The lowest BCUT2D eigenvalue weighted by molar-refractivity contribution is -0.122. The predicted molar refractivity (Wildman–Crippen MR) is 125 cm³/mol. The minimum absolute atomic E-state index is 0.0155. The molecule has 31 heavy (non-hydrogen) atoms. The fourth-order valence-electron chi connectivity index (χ4n) is 3.97. The molecule has 4 rings (SSSR count). The molecule has 0 radical (unpaired) electrons. The Labute approximate surface area is 186 Å². The maximum Gasteiger partial charge on any atom is 0.270 e. The Morgan fingerprint density at radius 1 is 1.03 bits per heavy atom. The fourth-order valence-corrected chi connectivity index (χ4v) is 4.25. The lowest BCUT2D eigenvalue weighted by atomic mass is 10.0. The van der Waals surface area contributed by atoms with E-state index in [4.69, 9.17) is 12.2 Å².